The molecule has 1 aromatic rings. The molecule has 0 aromatic heterocycles. The van der Waals surface area contributed by atoms with Gasteiger partial charge in [0.2, 0.25) is 0 Å². The largest absolute Gasteiger partial charge is 0.494 e. The number of hydrogen-bond acceptors (Lipinski definition) is 7. The molecule has 5 N–H and O–H groups in total. The van der Waals surface area contributed by atoms with Crippen molar-refractivity contribution in [2.24, 2.45) is 0 Å². The highest BCUT2D eigenvalue weighted by Gasteiger charge is 2.32. The summed E-state index contributed by atoms with van der Waals surface area (Å²) in [5.74, 6) is 0.754. The summed E-state index contributed by atoms with van der Waals surface area (Å²) in [6.07, 6.45) is -1.15. The normalized spacial score (nSPS) is 27.8. The molecule has 7 heteroatoms. The number of anilines is 1. The lowest BCUT2D eigenvalue weighted by molar-refractivity contribution is -0.140. The second-order valence-electron chi connectivity index (χ2n) is 6.31. The van der Waals surface area contributed by atoms with E-state index in [-0.39, 0.29) is 6.54 Å². The Morgan fingerprint density at radius 3 is 2.64 bits per heavy atom. The van der Waals surface area contributed by atoms with Crippen LogP contribution in [0, 0.1) is 0 Å². The van der Waals surface area contributed by atoms with Crippen molar-refractivity contribution in [3.05, 3.63) is 24.3 Å². The Morgan fingerprint density at radius 1 is 1.12 bits per heavy atom. The Bertz CT molecular complexity index is 500. The van der Waals surface area contributed by atoms with Gasteiger partial charge in [-0.05, 0) is 31.4 Å². The van der Waals surface area contributed by atoms with Gasteiger partial charge in [0.05, 0.1) is 19.3 Å². The highest BCUT2D eigenvalue weighted by Crippen LogP contribution is 2.19. The zero-order valence-corrected chi connectivity index (χ0v) is 14.4. The van der Waals surface area contributed by atoms with Gasteiger partial charge in [-0.3, -0.25) is 0 Å². The molecule has 1 aliphatic heterocycles. The van der Waals surface area contributed by atoms with Gasteiger partial charge in [0.25, 0.3) is 0 Å². The Kier molecular flexibility index (Phi) is 8.43. The summed E-state index contributed by atoms with van der Waals surface area (Å²) in [5, 5.41) is 42.6. The van der Waals surface area contributed by atoms with Crippen LogP contribution >= 0.6 is 0 Å². The molecule has 0 spiro atoms. The first-order valence-corrected chi connectivity index (χ1v) is 8.85. The van der Waals surface area contributed by atoms with Crippen molar-refractivity contribution < 1.29 is 29.9 Å². The van der Waals surface area contributed by atoms with E-state index in [4.69, 9.17) is 9.47 Å². The summed E-state index contributed by atoms with van der Waals surface area (Å²) >= 11 is 0. The predicted molar refractivity (Wildman–Crippen MR) is 93.7 cm³/mol. The molecule has 1 aromatic carbocycles. The lowest BCUT2D eigenvalue weighted by atomic mass is 10.0. The lowest BCUT2D eigenvalue weighted by Crippen LogP contribution is -2.49. The maximum Gasteiger partial charge on any atom is 0.121 e. The molecule has 4 atom stereocenters. The van der Waals surface area contributed by atoms with Crippen molar-refractivity contribution in [2.45, 2.75) is 50.1 Å². The van der Waals surface area contributed by atoms with Gasteiger partial charge < -0.3 is 35.2 Å². The first-order chi connectivity index (χ1) is 12.1. The maximum absolute atomic E-state index is 10.3. The topological polar surface area (TPSA) is 111 Å². The molecule has 0 saturated carbocycles. The Balaban J connectivity index is 2.06. The molecule has 25 heavy (non-hydrogen) atoms. The van der Waals surface area contributed by atoms with E-state index in [1.807, 2.05) is 24.3 Å². The first kappa shape index (κ1) is 19.9. The number of aliphatic hydroxyl groups is 4. The molecule has 0 aliphatic carbocycles. The van der Waals surface area contributed by atoms with E-state index in [0.29, 0.717) is 13.2 Å². The van der Waals surface area contributed by atoms with Crippen molar-refractivity contribution in [1.29, 1.82) is 0 Å². The van der Waals surface area contributed by atoms with E-state index in [9.17, 15) is 20.4 Å². The molecule has 0 fully saturated rings. The van der Waals surface area contributed by atoms with Crippen LogP contribution in [0.25, 0.3) is 0 Å². The summed E-state index contributed by atoms with van der Waals surface area (Å²) in [4.78, 5) is 0. The standard InChI is InChI=1S/C18H29NO6/c20-12-16(22)18-17(23)15(21)11-19-13-6-5-7-14(10-13)24-8-3-1-2-4-9-25-18/h5-7,10,15-23H,1-4,8-9,11-12H2/t15-,16-,17-,18-/m1/s1. The lowest BCUT2D eigenvalue weighted by Gasteiger charge is -2.30. The SMILES string of the molecule is OC[C@@H](O)[C@H]1OCCCCCCOc2cccc(c2)NC[C@@H](O)[C@H]1O. The number of benzene rings is 1. The summed E-state index contributed by atoms with van der Waals surface area (Å²) in [5.41, 5.74) is 0.760. The number of nitrogens with one attached hydrogen (secondary N) is 1. The Morgan fingerprint density at radius 2 is 1.88 bits per heavy atom. The van der Waals surface area contributed by atoms with Crippen LogP contribution in [-0.2, 0) is 4.74 Å². The molecule has 0 radical (unpaired) electrons. The van der Waals surface area contributed by atoms with E-state index < -0.39 is 31.0 Å². The highest BCUT2D eigenvalue weighted by atomic mass is 16.5. The Labute approximate surface area is 148 Å². The van der Waals surface area contributed by atoms with Crippen LogP contribution in [0.3, 0.4) is 0 Å². The zero-order valence-electron chi connectivity index (χ0n) is 14.4. The van der Waals surface area contributed by atoms with E-state index in [0.717, 1.165) is 37.1 Å². The summed E-state index contributed by atoms with van der Waals surface area (Å²) in [6.45, 7) is 0.514. The molecule has 2 bridgehead atoms. The average Bonchev–Trinajstić information content (AvgIpc) is 2.63. The monoisotopic (exact) mass is 355 g/mol. The highest BCUT2D eigenvalue weighted by molar-refractivity contribution is 5.48. The van der Waals surface area contributed by atoms with Crippen LogP contribution in [0.5, 0.6) is 5.75 Å². The molecule has 1 aliphatic rings. The Hall–Kier alpha value is -1.38. The number of fused-ring (bicyclic) bond motifs is 2. The minimum Gasteiger partial charge on any atom is -0.494 e. The van der Waals surface area contributed by atoms with Crippen LogP contribution in [0.1, 0.15) is 25.7 Å². The van der Waals surface area contributed by atoms with E-state index in [2.05, 4.69) is 5.32 Å². The third-order valence-corrected chi connectivity index (χ3v) is 4.26. The molecule has 7 nitrogen and oxygen atoms in total. The molecule has 2 rings (SSSR count). The van der Waals surface area contributed by atoms with Crippen molar-refractivity contribution in [3.8, 4) is 5.75 Å². The molecule has 0 saturated heterocycles. The predicted octanol–water partition coefficient (Wildman–Crippen LogP) is 0.511. The van der Waals surface area contributed by atoms with Crippen LogP contribution in [0.4, 0.5) is 5.69 Å². The molecular weight excluding hydrogens is 326 g/mol. The van der Waals surface area contributed by atoms with Gasteiger partial charge in [0.1, 0.15) is 24.1 Å². The number of aliphatic hydroxyl groups excluding tert-OH is 4. The van der Waals surface area contributed by atoms with Gasteiger partial charge >= 0.3 is 0 Å². The number of β-amino-alcohol motifs (C(OH)–C–C–N with tert-alkyl or cyclic N) is 1. The molecule has 0 amide bonds. The minimum absolute atomic E-state index is 0.0721. The minimum atomic E-state index is -1.32. The zero-order chi connectivity index (χ0) is 18.1. The molecule has 142 valence electrons. The number of ether oxygens (including phenoxy) is 2. The van der Waals surface area contributed by atoms with Crippen LogP contribution in [-0.4, -0.2) is 71.2 Å². The van der Waals surface area contributed by atoms with Crippen molar-refractivity contribution >= 4 is 5.69 Å². The first-order valence-electron chi connectivity index (χ1n) is 8.85. The van der Waals surface area contributed by atoms with Crippen LogP contribution in [0.2, 0.25) is 0 Å². The van der Waals surface area contributed by atoms with Crippen molar-refractivity contribution in [2.75, 3.05) is 31.7 Å². The van der Waals surface area contributed by atoms with E-state index >= 15 is 0 Å². The number of rotatable bonds is 2. The van der Waals surface area contributed by atoms with Crippen LogP contribution < -0.4 is 10.1 Å². The molecule has 1 heterocycles. The third kappa shape index (κ3) is 6.45. The fraction of sp³-hybridized carbons (Fsp3) is 0.667. The maximum atomic E-state index is 10.3. The fourth-order valence-electron chi connectivity index (χ4n) is 2.77. The van der Waals surface area contributed by atoms with Crippen LogP contribution in [0.15, 0.2) is 24.3 Å². The van der Waals surface area contributed by atoms with Gasteiger partial charge in [-0.2, -0.15) is 0 Å². The van der Waals surface area contributed by atoms with Gasteiger partial charge in [-0.15, -0.1) is 0 Å². The third-order valence-electron chi connectivity index (χ3n) is 4.26. The van der Waals surface area contributed by atoms with Gasteiger partial charge in [0, 0.05) is 24.9 Å². The molecule has 0 unspecified atom stereocenters. The quantitative estimate of drug-likeness (QED) is 0.526. The second-order valence-corrected chi connectivity index (χ2v) is 6.31. The van der Waals surface area contributed by atoms with E-state index in [1.165, 1.54) is 0 Å². The van der Waals surface area contributed by atoms with Crippen molar-refractivity contribution in [3.63, 3.8) is 0 Å². The van der Waals surface area contributed by atoms with Gasteiger partial charge in [0.15, 0.2) is 0 Å². The average molecular weight is 355 g/mol. The summed E-state index contributed by atoms with van der Waals surface area (Å²) in [7, 11) is 0. The van der Waals surface area contributed by atoms with Gasteiger partial charge in [-0.1, -0.05) is 12.5 Å². The smallest absolute Gasteiger partial charge is 0.121 e. The molecular formula is C18H29NO6. The fourth-order valence-corrected chi connectivity index (χ4v) is 2.77. The second kappa shape index (κ2) is 10.6. The van der Waals surface area contributed by atoms with E-state index in [1.54, 1.807) is 0 Å². The van der Waals surface area contributed by atoms with Crippen molar-refractivity contribution in [1.82, 2.24) is 0 Å². The number of hydrogen-bond donors (Lipinski definition) is 5. The summed E-state index contributed by atoms with van der Waals surface area (Å²) < 4.78 is 11.3. The summed E-state index contributed by atoms with van der Waals surface area (Å²) in [6, 6.07) is 7.40. The van der Waals surface area contributed by atoms with Gasteiger partial charge in [-0.25, -0.2) is 0 Å².